The van der Waals surface area contributed by atoms with Crippen molar-refractivity contribution in [2.24, 2.45) is 0 Å². The molecular weight excluding hydrogens is 338 g/mol. The molecule has 0 aliphatic carbocycles. The molecule has 1 atom stereocenters. The number of thiazole rings is 1. The number of carbonyl (C=O) groups excluding carboxylic acids is 2. The van der Waals surface area contributed by atoms with Crippen LogP contribution in [0.2, 0.25) is 0 Å². The SMILES string of the molecule is COc1ccc(CCN2C[C@H](NC(=O)c3scnc3C)CC2=O)cc1. The molecule has 0 radical (unpaired) electrons. The normalized spacial score (nSPS) is 17.0. The summed E-state index contributed by atoms with van der Waals surface area (Å²) in [5, 5.41) is 2.95. The molecule has 7 heteroatoms. The highest BCUT2D eigenvalue weighted by molar-refractivity contribution is 7.11. The molecule has 6 nitrogen and oxygen atoms in total. The smallest absolute Gasteiger partial charge is 0.263 e. The fourth-order valence-electron chi connectivity index (χ4n) is 2.91. The van der Waals surface area contributed by atoms with Gasteiger partial charge >= 0.3 is 0 Å². The molecule has 25 heavy (non-hydrogen) atoms. The van der Waals surface area contributed by atoms with Crippen LogP contribution in [-0.4, -0.2) is 47.9 Å². The summed E-state index contributed by atoms with van der Waals surface area (Å²) in [6, 6.07) is 7.71. The maximum absolute atomic E-state index is 12.3. The molecule has 1 saturated heterocycles. The van der Waals surface area contributed by atoms with Gasteiger partial charge < -0.3 is 15.0 Å². The van der Waals surface area contributed by atoms with E-state index in [9.17, 15) is 9.59 Å². The van der Waals surface area contributed by atoms with Gasteiger partial charge in [0.05, 0.1) is 24.4 Å². The number of benzene rings is 1. The van der Waals surface area contributed by atoms with E-state index in [1.807, 2.05) is 36.1 Å². The monoisotopic (exact) mass is 359 g/mol. The highest BCUT2D eigenvalue weighted by atomic mass is 32.1. The number of carbonyl (C=O) groups is 2. The Morgan fingerprint density at radius 2 is 2.16 bits per heavy atom. The number of ether oxygens (including phenoxy) is 1. The summed E-state index contributed by atoms with van der Waals surface area (Å²) in [6.07, 6.45) is 1.14. The molecule has 1 aromatic carbocycles. The lowest BCUT2D eigenvalue weighted by atomic mass is 10.1. The van der Waals surface area contributed by atoms with Crippen LogP contribution in [0.1, 0.15) is 27.3 Å². The van der Waals surface area contributed by atoms with E-state index in [0.717, 1.165) is 23.4 Å². The Morgan fingerprint density at radius 1 is 1.40 bits per heavy atom. The summed E-state index contributed by atoms with van der Waals surface area (Å²) in [5.41, 5.74) is 3.54. The van der Waals surface area contributed by atoms with E-state index in [0.29, 0.717) is 24.4 Å². The first-order valence-electron chi connectivity index (χ1n) is 8.18. The van der Waals surface area contributed by atoms with Crippen LogP contribution in [0.5, 0.6) is 5.75 Å². The quantitative estimate of drug-likeness (QED) is 0.857. The topological polar surface area (TPSA) is 71.5 Å². The van der Waals surface area contributed by atoms with E-state index in [-0.39, 0.29) is 17.9 Å². The van der Waals surface area contributed by atoms with Gasteiger partial charge in [-0.25, -0.2) is 4.98 Å². The van der Waals surface area contributed by atoms with Crippen LogP contribution >= 0.6 is 11.3 Å². The largest absolute Gasteiger partial charge is 0.497 e. The summed E-state index contributed by atoms with van der Waals surface area (Å²) in [7, 11) is 1.64. The molecule has 2 aromatic rings. The summed E-state index contributed by atoms with van der Waals surface area (Å²) in [6.45, 7) is 3.02. The molecule has 2 amide bonds. The Balaban J connectivity index is 1.51. The molecule has 1 N–H and O–H groups in total. The van der Waals surface area contributed by atoms with Gasteiger partial charge in [-0.05, 0) is 31.0 Å². The van der Waals surface area contributed by atoms with Crippen LogP contribution in [0, 0.1) is 6.92 Å². The molecule has 0 unspecified atom stereocenters. The zero-order chi connectivity index (χ0) is 17.8. The predicted molar refractivity (Wildman–Crippen MR) is 96.0 cm³/mol. The molecule has 0 saturated carbocycles. The number of aryl methyl sites for hydroxylation is 1. The number of rotatable bonds is 6. The van der Waals surface area contributed by atoms with E-state index in [1.54, 1.807) is 12.6 Å². The molecule has 1 aliphatic heterocycles. The van der Waals surface area contributed by atoms with Gasteiger partial charge in [0.25, 0.3) is 5.91 Å². The Kier molecular flexibility index (Phi) is 5.33. The minimum atomic E-state index is -0.144. The number of hydrogen-bond acceptors (Lipinski definition) is 5. The van der Waals surface area contributed by atoms with E-state index >= 15 is 0 Å². The molecular formula is C18H21N3O3S. The van der Waals surface area contributed by atoms with Crippen molar-refractivity contribution in [1.82, 2.24) is 15.2 Å². The molecule has 1 fully saturated rings. The highest BCUT2D eigenvalue weighted by Crippen LogP contribution is 2.17. The van der Waals surface area contributed by atoms with Crippen molar-refractivity contribution in [3.8, 4) is 5.75 Å². The van der Waals surface area contributed by atoms with Crippen LogP contribution in [0.15, 0.2) is 29.8 Å². The van der Waals surface area contributed by atoms with Crippen molar-refractivity contribution in [2.75, 3.05) is 20.2 Å². The van der Waals surface area contributed by atoms with Gasteiger partial charge in [-0.15, -0.1) is 11.3 Å². The Morgan fingerprint density at radius 3 is 2.80 bits per heavy atom. The van der Waals surface area contributed by atoms with Crippen LogP contribution in [0.3, 0.4) is 0 Å². The fraction of sp³-hybridized carbons (Fsp3) is 0.389. The zero-order valence-electron chi connectivity index (χ0n) is 14.3. The third kappa shape index (κ3) is 4.17. The Hall–Kier alpha value is -2.41. The number of likely N-dealkylation sites (tertiary alicyclic amines) is 1. The minimum Gasteiger partial charge on any atom is -0.497 e. The summed E-state index contributed by atoms with van der Waals surface area (Å²) >= 11 is 1.32. The van der Waals surface area contributed by atoms with Gasteiger partial charge in [0.2, 0.25) is 5.91 Å². The van der Waals surface area contributed by atoms with Crippen molar-refractivity contribution >= 4 is 23.2 Å². The zero-order valence-corrected chi connectivity index (χ0v) is 15.1. The third-order valence-electron chi connectivity index (χ3n) is 4.33. The van der Waals surface area contributed by atoms with Crippen LogP contribution in [0.4, 0.5) is 0 Å². The van der Waals surface area contributed by atoms with E-state index in [4.69, 9.17) is 4.74 Å². The lowest BCUT2D eigenvalue weighted by molar-refractivity contribution is -0.127. The first kappa shape index (κ1) is 17.4. The number of hydrogen-bond donors (Lipinski definition) is 1. The van der Waals surface area contributed by atoms with Crippen LogP contribution < -0.4 is 10.1 Å². The van der Waals surface area contributed by atoms with Crippen molar-refractivity contribution in [1.29, 1.82) is 0 Å². The van der Waals surface area contributed by atoms with E-state index in [2.05, 4.69) is 10.3 Å². The lowest BCUT2D eigenvalue weighted by Gasteiger charge is -2.17. The van der Waals surface area contributed by atoms with Gasteiger partial charge in [0, 0.05) is 19.5 Å². The summed E-state index contributed by atoms with van der Waals surface area (Å²) in [4.78, 5) is 31.0. The predicted octanol–water partition coefficient (Wildman–Crippen LogP) is 2.03. The van der Waals surface area contributed by atoms with Gasteiger partial charge in [-0.2, -0.15) is 0 Å². The number of methoxy groups -OCH3 is 1. The highest BCUT2D eigenvalue weighted by Gasteiger charge is 2.30. The minimum absolute atomic E-state index is 0.0832. The number of amides is 2. The molecule has 3 rings (SSSR count). The maximum atomic E-state index is 12.3. The van der Waals surface area contributed by atoms with Crippen molar-refractivity contribution in [3.63, 3.8) is 0 Å². The van der Waals surface area contributed by atoms with E-state index < -0.39 is 0 Å². The molecule has 2 heterocycles. The molecule has 132 valence electrons. The average molecular weight is 359 g/mol. The summed E-state index contributed by atoms with van der Waals surface area (Å²) < 4.78 is 5.15. The van der Waals surface area contributed by atoms with Crippen LogP contribution in [-0.2, 0) is 11.2 Å². The second-order valence-corrected chi connectivity index (χ2v) is 6.93. The van der Waals surface area contributed by atoms with Crippen molar-refractivity contribution < 1.29 is 14.3 Å². The van der Waals surface area contributed by atoms with Crippen molar-refractivity contribution in [3.05, 3.63) is 45.9 Å². The summed E-state index contributed by atoms with van der Waals surface area (Å²) in [5.74, 6) is 0.761. The van der Waals surface area contributed by atoms with E-state index in [1.165, 1.54) is 11.3 Å². The first-order chi connectivity index (χ1) is 12.1. The second kappa shape index (κ2) is 7.65. The fourth-order valence-corrected chi connectivity index (χ4v) is 3.62. The van der Waals surface area contributed by atoms with Gasteiger partial charge in [-0.3, -0.25) is 9.59 Å². The number of aromatic nitrogens is 1. The molecule has 1 aromatic heterocycles. The molecule has 1 aliphatic rings. The van der Waals surface area contributed by atoms with Gasteiger partial charge in [0.15, 0.2) is 0 Å². The third-order valence-corrected chi connectivity index (χ3v) is 5.26. The van der Waals surface area contributed by atoms with Gasteiger partial charge in [-0.1, -0.05) is 12.1 Å². The Labute approximate surface area is 150 Å². The second-order valence-electron chi connectivity index (χ2n) is 6.08. The first-order valence-corrected chi connectivity index (χ1v) is 9.06. The number of nitrogens with zero attached hydrogens (tertiary/aromatic N) is 2. The molecule has 0 spiro atoms. The maximum Gasteiger partial charge on any atom is 0.263 e. The van der Waals surface area contributed by atoms with Gasteiger partial charge in [0.1, 0.15) is 10.6 Å². The molecule has 0 bridgehead atoms. The average Bonchev–Trinajstić information content (AvgIpc) is 3.19. The van der Waals surface area contributed by atoms with Crippen LogP contribution in [0.25, 0.3) is 0 Å². The Bertz CT molecular complexity index is 757. The number of nitrogens with one attached hydrogen (secondary N) is 1. The van der Waals surface area contributed by atoms with Crippen molar-refractivity contribution in [2.45, 2.75) is 25.8 Å². The standard InChI is InChI=1S/C18H21N3O3S/c1-12-17(25-11-19-12)18(23)20-14-9-16(22)21(10-14)8-7-13-3-5-15(24-2)6-4-13/h3-6,11,14H,7-10H2,1-2H3,(H,20,23)/t14-/m1/s1. The lowest BCUT2D eigenvalue weighted by Crippen LogP contribution is -2.37.